The number of nitrogens with zero attached hydrogens (tertiary/aromatic N) is 2. The van der Waals surface area contributed by atoms with E-state index in [0.717, 1.165) is 18.0 Å². The predicted molar refractivity (Wildman–Crippen MR) is 65.9 cm³/mol. The van der Waals surface area contributed by atoms with Crippen molar-refractivity contribution in [3.63, 3.8) is 0 Å². The van der Waals surface area contributed by atoms with E-state index in [0.29, 0.717) is 18.0 Å². The molecule has 20 heavy (non-hydrogen) atoms. The van der Waals surface area contributed by atoms with Gasteiger partial charge in [-0.25, -0.2) is 4.68 Å². The third kappa shape index (κ3) is 2.14. The number of aromatic nitrogens is 2. The fourth-order valence-corrected chi connectivity index (χ4v) is 2.19. The van der Waals surface area contributed by atoms with Crippen LogP contribution in [0.15, 0.2) is 30.6 Å². The van der Waals surface area contributed by atoms with Crippen molar-refractivity contribution in [2.75, 3.05) is 13.7 Å². The molecular formula is C13H12F3N3O. The number of rotatable bonds is 2. The largest absolute Gasteiger partial charge is 0.491 e. The van der Waals surface area contributed by atoms with Crippen molar-refractivity contribution in [2.45, 2.75) is 12.2 Å². The molecule has 7 heteroatoms. The molecule has 0 spiro atoms. The first kappa shape index (κ1) is 13.0. The summed E-state index contributed by atoms with van der Waals surface area (Å²) in [4.78, 5) is 0. The normalized spacial score (nSPS) is 17.9. The Morgan fingerprint density at radius 1 is 1.40 bits per heavy atom. The number of ether oxygens (including phenoxy) is 1. The number of alkyl halides is 3. The third-order valence-electron chi connectivity index (χ3n) is 3.30. The summed E-state index contributed by atoms with van der Waals surface area (Å²) >= 11 is 0. The Kier molecular flexibility index (Phi) is 2.93. The van der Waals surface area contributed by atoms with Crippen LogP contribution >= 0.6 is 0 Å². The molecule has 1 N–H and O–H groups in total. The molecule has 1 aromatic heterocycles. The van der Waals surface area contributed by atoms with Gasteiger partial charge in [-0.1, -0.05) is 6.07 Å². The van der Waals surface area contributed by atoms with Crippen molar-refractivity contribution < 1.29 is 17.9 Å². The zero-order valence-corrected chi connectivity index (χ0v) is 10.6. The van der Waals surface area contributed by atoms with E-state index >= 15 is 0 Å². The zero-order chi connectivity index (χ0) is 14.3. The molecule has 1 aliphatic rings. The Bertz CT molecular complexity index is 636. The van der Waals surface area contributed by atoms with E-state index in [9.17, 15) is 13.2 Å². The molecule has 1 unspecified atom stereocenters. The van der Waals surface area contributed by atoms with Crippen molar-refractivity contribution in [1.82, 2.24) is 15.1 Å². The molecule has 0 radical (unpaired) electrons. The summed E-state index contributed by atoms with van der Waals surface area (Å²) in [7, 11) is 1.83. The van der Waals surface area contributed by atoms with E-state index in [4.69, 9.17) is 4.74 Å². The second-order valence-corrected chi connectivity index (χ2v) is 4.55. The molecule has 4 nitrogen and oxygen atoms in total. The third-order valence-corrected chi connectivity index (χ3v) is 3.30. The summed E-state index contributed by atoms with van der Waals surface area (Å²) in [6.07, 6.45) is -2.61. The summed E-state index contributed by atoms with van der Waals surface area (Å²) in [5.74, 6) is 0.672. The lowest BCUT2D eigenvalue weighted by Crippen LogP contribution is -2.17. The molecular weight excluding hydrogens is 271 g/mol. The Balaban J connectivity index is 1.94. The number of fused-ring (bicyclic) bond motifs is 1. The number of benzene rings is 1. The highest BCUT2D eigenvalue weighted by atomic mass is 19.4. The van der Waals surface area contributed by atoms with Crippen molar-refractivity contribution in [3.05, 3.63) is 41.7 Å². The van der Waals surface area contributed by atoms with Crippen LogP contribution in [0.2, 0.25) is 0 Å². The quantitative estimate of drug-likeness (QED) is 0.920. The maximum atomic E-state index is 12.5. The second-order valence-electron chi connectivity index (χ2n) is 4.55. The molecule has 3 rings (SSSR count). The Morgan fingerprint density at radius 3 is 2.85 bits per heavy atom. The Hall–Kier alpha value is -2.02. The molecule has 0 fully saturated rings. The maximum absolute atomic E-state index is 12.5. The lowest BCUT2D eigenvalue weighted by atomic mass is 10.1. The van der Waals surface area contributed by atoms with Gasteiger partial charge in [-0.15, -0.1) is 0 Å². The average Bonchev–Trinajstić information content (AvgIpc) is 3.04. The lowest BCUT2D eigenvalue weighted by Gasteiger charge is -2.07. The van der Waals surface area contributed by atoms with Gasteiger partial charge in [0.25, 0.3) is 0 Å². The van der Waals surface area contributed by atoms with E-state index in [1.807, 2.05) is 13.1 Å². The van der Waals surface area contributed by atoms with Crippen LogP contribution in [-0.2, 0) is 6.18 Å². The van der Waals surface area contributed by atoms with Crippen LogP contribution in [0.25, 0.3) is 5.69 Å². The summed E-state index contributed by atoms with van der Waals surface area (Å²) in [6.45, 7) is 0.516. The van der Waals surface area contributed by atoms with Crippen molar-refractivity contribution >= 4 is 0 Å². The molecule has 0 saturated carbocycles. The zero-order valence-electron chi connectivity index (χ0n) is 10.6. The van der Waals surface area contributed by atoms with E-state index < -0.39 is 11.7 Å². The Morgan fingerprint density at radius 2 is 2.20 bits per heavy atom. The molecule has 2 aromatic rings. The minimum atomic E-state index is -4.39. The van der Waals surface area contributed by atoms with Crippen LogP contribution in [0.1, 0.15) is 17.2 Å². The van der Waals surface area contributed by atoms with Gasteiger partial charge in [0.15, 0.2) is 0 Å². The monoisotopic (exact) mass is 283 g/mol. The van der Waals surface area contributed by atoms with Gasteiger partial charge in [0.2, 0.25) is 0 Å². The fraction of sp³-hybridized carbons (Fsp3) is 0.308. The number of hydrogen-bond donors (Lipinski definition) is 1. The molecule has 1 atom stereocenters. The van der Waals surface area contributed by atoms with Gasteiger partial charge in [-0.3, -0.25) is 0 Å². The van der Waals surface area contributed by atoms with E-state index in [-0.39, 0.29) is 6.04 Å². The first-order valence-corrected chi connectivity index (χ1v) is 6.05. The SMILES string of the molecule is CNC1COc2cc(-n3cc(C(F)(F)F)cn3)ccc21. The predicted octanol–water partition coefficient (Wildman–Crippen LogP) is 2.54. The highest BCUT2D eigenvalue weighted by Crippen LogP contribution is 2.34. The highest BCUT2D eigenvalue weighted by molar-refractivity contribution is 5.48. The van der Waals surface area contributed by atoms with Crippen molar-refractivity contribution in [1.29, 1.82) is 0 Å². The number of likely N-dealkylation sites (N-methyl/N-ethyl adjacent to an activating group) is 1. The smallest absolute Gasteiger partial charge is 0.419 e. The molecule has 0 aliphatic carbocycles. The van der Waals surface area contributed by atoms with Crippen LogP contribution in [0.4, 0.5) is 13.2 Å². The van der Waals surface area contributed by atoms with Crippen molar-refractivity contribution in [2.24, 2.45) is 0 Å². The second kappa shape index (κ2) is 4.52. The lowest BCUT2D eigenvalue weighted by molar-refractivity contribution is -0.137. The van der Waals surface area contributed by atoms with Gasteiger partial charge in [-0.2, -0.15) is 18.3 Å². The minimum absolute atomic E-state index is 0.113. The van der Waals surface area contributed by atoms with Gasteiger partial charge < -0.3 is 10.1 Å². The van der Waals surface area contributed by atoms with Gasteiger partial charge in [0, 0.05) is 17.8 Å². The highest BCUT2D eigenvalue weighted by Gasteiger charge is 2.32. The molecule has 1 aliphatic heterocycles. The molecule has 106 valence electrons. The topological polar surface area (TPSA) is 39.1 Å². The van der Waals surface area contributed by atoms with Gasteiger partial charge >= 0.3 is 6.18 Å². The van der Waals surface area contributed by atoms with Crippen LogP contribution in [0.3, 0.4) is 0 Å². The van der Waals surface area contributed by atoms with Crippen LogP contribution < -0.4 is 10.1 Å². The van der Waals surface area contributed by atoms with Crippen LogP contribution in [-0.4, -0.2) is 23.4 Å². The van der Waals surface area contributed by atoms with Crippen molar-refractivity contribution in [3.8, 4) is 11.4 Å². The van der Waals surface area contributed by atoms with Crippen LogP contribution in [0, 0.1) is 0 Å². The molecule has 0 bridgehead atoms. The standard InChI is InChI=1S/C13H12F3N3O/c1-17-11-7-20-12-4-9(2-3-10(11)12)19-6-8(5-18-19)13(14,15)16/h2-6,11,17H,7H2,1H3. The van der Waals surface area contributed by atoms with E-state index in [1.165, 1.54) is 4.68 Å². The first-order valence-electron chi connectivity index (χ1n) is 6.05. The number of hydrogen-bond acceptors (Lipinski definition) is 3. The van der Waals surface area contributed by atoms with E-state index in [2.05, 4.69) is 10.4 Å². The average molecular weight is 283 g/mol. The summed E-state index contributed by atoms with van der Waals surface area (Å²) < 4.78 is 44.3. The van der Waals surface area contributed by atoms with Crippen LogP contribution in [0.5, 0.6) is 5.75 Å². The molecule has 2 heterocycles. The number of halogens is 3. The molecule has 0 saturated heterocycles. The van der Waals surface area contributed by atoms with Gasteiger partial charge in [0.1, 0.15) is 12.4 Å². The Labute approximate surface area is 113 Å². The summed E-state index contributed by atoms with van der Waals surface area (Å²) in [5.41, 5.74) is 0.766. The number of nitrogens with one attached hydrogen (secondary N) is 1. The molecule has 1 aromatic carbocycles. The summed E-state index contributed by atoms with van der Waals surface area (Å²) in [5, 5.41) is 6.85. The van der Waals surface area contributed by atoms with Gasteiger partial charge in [-0.05, 0) is 13.1 Å². The van der Waals surface area contributed by atoms with Gasteiger partial charge in [0.05, 0.1) is 23.5 Å². The summed E-state index contributed by atoms with van der Waals surface area (Å²) in [6, 6.07) is 5.38. The minimum Gasteiger partial charge on any atom is -0.491 e. The fourth-order valence-electron chi connectivity index (χ4n) is 2.19. The van der Waals surface area contributed by atoms with E-state index in [1.54, 1.807) is 12.1 Å². The first-order chi connectivity index (χ1) is 9.49. The molecule has 0 amide bonds. The maximum Gasteiger partial charge on any atom is 0.419 e.